The van der Waals surface area contributed by atoms with Gasteiger partial charge >= 0.3 is 0 Å². The molecule has 2 aromatic heterocycles. The van der Waals surface area contributed by atoms with Crippen LogP contribution < -0.4 is 5.32 Å². The maximum absolute atomic E-state index is 12.6. The average Bonchev–Trinajstić information content (AvgIpc) is 2.92. The molecule has 26 heavy (non-hydrogen) atoms. The van der Waals surface area contributed by atoms with Crippen LogP contribution >= 0.6 is 0 Å². The zero-order valence-electron chi connectivity index (χ0n) is 15.1. The largest absolute Gasteiger partial charge is 0.344 e. The van der Waals surface area contributed by atoms with Gasteiger partial charge in [0.25, 0.3) is 11.7 Å². The summed E-state index contributed by atoms with van der Waals surface area (Å²) in [6, 6.07) is 13.4. The summed E-state index contributed by atoms with van der Waals surface area (Å²) < 4.78 is 2.05. The van der Waals surface area contributed by atoms with E-state index in [0.29, 0.717) is 17.8 Å². The van der Waals surface area contributed by atoms with Crippen molar-refractivity contribution < 1.29 is 9.59 Å². The van der Waals surface area contributed by atoms with Crippen LogP contribution in [0.1, 0.15) is 32.9 Å². The Morgan fingerprint density at radius 2 is 1.81 bits per heavy atom. The highest BCUT2D eigenvalue weighted by molar-refractivity contribution is 6.46. The first-order chi connectivity index (χ1) is 12.5. The Labute approximate surface area is 152 Å². The van der Waals surface area contributed by atoms with Gasteiger partial charge in [-0.2, -0.15) is 0 Å². The molecule has 0 aliphatic heterocycles. The number of nitrogens with zero attached hydrogens (tertiary/aromatic N) is 2. The molecule has 0 radical (unpaired) electrons. The fraction of sp³-hybridized carbons (Fsp3) is 0.190. The number of pyridine rings is 1. The van der Waals surface area contributed by atoms with Crippen LogP contribution in [-0.2, 0) is 11.3 Å². The van der Waals surface area contributed by atoms with Gasteiger partial charge in [-0.1, -0.05) is 29.8 Å². The summed E-state index contributed by atoms with van der Waals surface area (Å²) in [5, 5.41) is 2.59. The molecule has 0 aliphatic carbocycles. The molecule has 0 fully saturated rings. The summed E-state index contributed by atoms with van der Waals surface area (Å²) >= 11 is 0. The van der Waals surface area contributed by atoms with E-state index < -0.39 is 11.7 Å². The van der Waals surface area contributed by atoms with E-state index in [-0.39, 0.29) is 0 Å². The predicted molar refractivity (Wildman–Crippen MR) is 101 cm³/mol. The van der Waals surface area contributed by atoms with Crippen LogP contribution in [0.4, 0.5) is 5.69 Å². The lowest BCUT2D eigenvalue weighted by molar-refractivity contribution is -0.112. The number of hydrogen-bond donors (Lipinski definition) is 1. The molecule has 1 aromatic carbocycles. The van der Waals surface area contributed by atoms with Crippen molar-refractivity contribution in [3.05, 3.63) is 82.9 Å². The zero-order chi connectivity index (χ0) is 18.7. The number of benzene rings is 1. The van der Waals surface area contributed by atoms with Gasteiger partial charge in [0, 0.05) is 29.7 Å². The van der Waals surface area contributed by atoms with E-state index in [1.807, 2.05) is 20.8 Å². The van der Waals surface area contributed by atoms with Crippen LogP contribution in [0.5, 0.6) is 0 Å². The van der Waals surface area contributed by atoms with E-state index in [1.165, 1.54) is 11.8 Å². The van der Waals surface area contributed by atoms with Crippen molar-refractivity contribution in [1.29, 1.82) is 0 Å². The Balaban J connectivity index is 1.81. The number of anilines is 1. The van der Waals surface area contributed by atoms with E-state index in [1.54, 1.807) is 24.4 Å². The number of rotatable bonds is 5. The van der Waals surface area contributed by atoms with Gasteiger partial charge in [0.15, 0.2) is 0 Å². The number of aromatic nitrogens is 2. The summed E-state index contributed by atoms with van der Waals surface area (Å²) in [6.07, 6.45) is 3.11. The lowest BCUT2D eigenvalue weighted by Gasteiger charge is -2.10. The van der Waals surface area contributed by atoms with Gasteiger partial charge in [0.2, 0.25) is 0 Å². The molecule has 0 saturated heterocycles. The average molecular weight is 347 g/mol. The van der Waals surface area contributed by atoms with Gasteiger partial charge in [0.1, 0.15) is 0 Å². The molecule has 0 bridgehead atoms. The Morgan fingerprint density at radius 1 is 1.08 bits per heavy atom. The number of nitrogens with one attached hydrogen (secondary N) is 1. The van der Waals surface area contributed by atoms with Crippen molar-refractivity contribution in [2.45, 2.75) is 27.3 Å². The highest BCUT2D eigenvalue weighted by Gasteiger charge is 2.22. The van der Waals surface area contributed by atoms with Crippen LogP contribution in [0, 0.1) is 20.8 Å². The van der Waals surface area contributed by atoms with Crippen LogP contribution in [0.2, 0.25) is 0 Å². The maximum Gasteiger partial charge on any atom is 0.296 e. The van der Waals surface area contributed by atoms with E-state index in [2.05, 4.69) is 39.1 Å². The minimum Gasteiger partial charge on any atom is -0.344 e. The molecule has 5 nitrogen and oxygen atoms in total. The molecular formula is C21H21N3O2. The molecule has 3 rings (SSSR count). The molecule has 0 aliphatic rings. The summed E-state index contributed by atoms with van der Waals surface area (Å²) in [5.74, 6) is -1.20. The number of Topliss-reactive ketones (excluding diaryl/α,β-unsaturated/α-hetero) is 1. The maximum atomic E-state index is 12.6. The van der Waals surface area contributed by atoms with Crippen molar-refractivity contribution in [2.24, 2.45) is 0 Å². The number of amides is 1. The van der Waals surface area contributed by atoms with Crippen LogP contribution in [0.25, 0.3) is 0 Å². The van der Waals surface area contributed by atoms with Gasteiger partial charge < -0.3 is 9.88 Å². The quantitative estimate of drug-likeness (QED) is 0.566. The van der Waals surface area contributed by atoms with E-state index in [9.17, 15) is 9.59 Å². The molecule has 5 heteroatoms. The summed E-state index contributed by atoms with van der Waals surface area (Å²) in [4.78, 5) is 28.8. The van der Waals surface area contributed by atoms with Crippen molar-refractivity contribution in [2.75, 3.05) is 5.32 Å². The highest BCUT2D eigenvalue weighted by Crippen LogP contribution is 2.19. The lowest BCUT2D eigenvalue weighted by Crippen LogP contribution is -2.23. The zero-order valence-corrected chi connectivity index (χ0v) is 15.1. The topological polar surface area (TPSA) is 64.0 Å². The molecule has 0 spiro atoms. The number of aryl methyl sites for hydroxylation is 2. The second kappa shape index (κ2) is 7.35. The van der Waals surface area contributed by atoms with Crippen LogP contribution in [0.15, 0.2) is 54.9 Å². The molecule has 1 amide bonds. The third kappa shape index (κ3) is 3.72. The molecule has 0 saturated carbocycles. The monoisotopic (exact) mass is 347 g/mol. The van der Waals surface area contributed by atoms with Crippen LogP contribution in [0.3, 0.4) is 0 Å². The first kappa shape index (κ1) is 17.6. The number of hydrogen-bond acceptors (Lipinski definition) is 3. The summed E-state index contributed by atoms with van der Waals surface area (Å²) in [5.41, 5.74) is 5.01. The van der Waals surface area contributed by atoms with E-state index in [0.717, 1.165) is 17.0 Å². The summed E-state index contributed by atoms with van der Waals surface area (Å²) in [6.45, 7) is 6.52. The molecule has 0 unspecified atom stereocenters. The minimum atomic E-state index is -0.659. The number of carbonyl (C=O) groups is 2. The first-order valence-electron chi connectivity index (χ1n) is 8.43. The SMILES string of the molecule is Cc1ccc(Cn2c(C)cc(C(=O)C(=O)Nc3cccnc3)c2C)cc1. The normalized spacial score (nSPS) is 10.6. The Bertz CT molecular complexity index is 941. The lowest BCUT2D eigenvalue weighted by atomic mass is 10.1. The predicted octanol–water partition coefficient (Wildman–Crippen LogP) is 3.68. The smallest absolute Gasteiger partial charge is 0.296 e. The highest BCUT2D eigenvalue weighted by atomic mass is 16.2. The Morgan fingerprint density at radius 3 is 2.46 bits per heavy atom. The van der Waals surface area contributed by atoms with Crippen molar-refractivity contribution >= 4 is 17.4 Å². The molecule has 0 atom stereocenters. The third-order valence-electron chi connectivity index (χ3n) is 4.41. The second-order valence-electron chi connectivity index (χ2n) is 6.38. The van der Waals surface area contributed by atoms with Gasteiger partial charge in [-0.15, -0.1) is 0 Å². The van der Waals surface area contributed by atoms with Gasteiger partial charge in [-0.05, 0) is 44.5 Å². The minimum absolute atomic E-state index is 0.427. The van der Waals surface area contributed by atoms with Crippen molar-refractivity contribution in [3.63, 3.8) is 0 Å². The molecule has 1 N–H and O–H groups in total. The number of ketones is 1. The first-order valence-corrected chi connectivity index (χ1v) is 8.43. The molecule has 3 aromatic rings. The van der Waals surface area contributed by atoms with E-state index in [4.69, 9.17) is 0 Å². The van der Waals surface area contributed by atoms with E-state index >= 15 is 0 Å². The van der Waals surface area contributed by atoms with Crippen molar-refractivity contribution in [1.82, 2.24) is 9.55 Å². The third-order valence-corrected chi connectivity index (χ3v) is 4.41. The number of carbonyl (C=O) groups excluding carboxylic acids is 2. The van der Waals surface area contributed by atoms with Crippen molar-refractivity contribution in [3.8, 4) is 0 Å². The van der Waals surface area contributed by atoms with Gasteiger partial charge in [-0.3, -0.25) is 14.6 Å². The standard InChI is InChI=1S/C21H21N3O2/c1-14-6-8-17(9-7-14)13-24-15(2)11-19(16(24)3)20(25)21(26)23-18-5-4-10-22-12-18/h4-12H,13H2,1-3H3,(H,23,26). The van der Waals surface area contributed by atoms with Gasteiger partial charge in [0.05, 0.1) is 11.9 Å². The Hall–Kier alpha value is -3.21. The molecule has 2 heterocycles. The summed E-state index contributed by atoms with van der Waals surface area (Å²) in [7, 11) is 0. The fourth-order valence-electron chi connectivity index (χ4n) is 2.90. The molecule has 132 valence electrons. The molecular weight excluding hydrogens is 326 g/mol. The van der Waals surface area contributed by atoms with Crippen LogP contribution in [-0.4, -0.2) is 21.2 Å². The second-order valence-corrected chi connectivity index (χ2v) is 6.38. The van der Waals surface area contributed by atoms with Gasteiger partial charge in [-0.25, -0.2) is 0 Å². The fourth-order valence-corrected chi connectivity index (χ4v) is 2.90. The Kier molecular flexibility index (Phi) is 4.98.